The molecule has 10 heteroatoms. The normalized spacial score (nSPS) is 14.1. The summed E-state index contributed by atoms with van der Waals surface area (Å²) in [5.41, 5.74) is 0. The van der Waals surface area contributed by atoms with E-state index in [1.807, 2.05) is 0 Å². The van der Waals surface area contributed by atoms with Gasteiger partial charge in [-0.2, -0.15) is 0 Å². The maximum absolute atomic E-state index is 12.6. The molecule has 0 rings (SSSR count). The van der Waals surface area contributed by atoms with Gasteiger partial charge in [-0.05, 0) is 44.9 Å². The van der Waals surface area contributed by atoms with E-state index >= 15 is 0 Å². The van der Waals surface area contributed by atoms with Gasteiger partial charge in [-0.3, -0.25) is 13.8 Å². The molecule has 0 heterocycles. The predicted molar refractivity (Wildman–Crippen MR) is 238 cm³/mol. The molecule has 338 valence electrons. The fourth-order valence-corrected chi connectivity index (χ4v) is 7.53. The molecule has 57 heavy (non-hydrogen) atoms. The second kappa shape index (κ2) is 44.5. The predicted octanol–water partition coefficient (Wildman–Crippen LogP) is 13.4. The van der Waals surface area contributed by atoms with Crippen molar-refractivity contribution < 1.29 is 43.0 Å². The van der Waals surface area contributed by atoms with Crippen LogP contribution in [0, 0.1) is 0 Å². The monoisotopic (exact) mass is 831 g/mol. The summed E-state index contributed by atoms with van der Waals surface area (Å²) in [6.45, 7) is 3.52. The van der Waals surface area contributed by atoms with E-state index in [1.54, 1.807) is 0 Å². The van der Waals surface area contributed by atoms with Crippen molar-refractivity contribution in [3.63, 3.8) is 0 Å². The molecule has 9 nitrogen and oxygen atoms in total. The van der Waals surface area contributed by atoms with Gasteiger partial charge in [0.1, 0.15) is 12.2 Å². The Labute approximate surface area is 351 Å². The molecule has 0 aromatic carbocycles. The first-order valence-corrected chi connectivity index (χ1v) is 25.3. The highest BCUT2D eigenvalue weighted by molar-refractivity contribution is 7.47. The lowest BCUT2D eigenvalue weighted by molar-refractivity contribution is -0.154. The van der Waals surface area contributed by atoms with Crippen molar-refractivity contribution in [2.45, 2.75) is 238 Å². The number of esters is 1. The molecule has 0 saturated heterocycles. The number of carbonyl (C=O) groups excluding carboxylic acids is 1. The van der Waals surface area contributed by atoms with Crippen LogP contribution in [-0.2, 0) is 27.9 Å². The van der Waals surface area contributed by atoms with Gasteiger partial charge >= 0.3 is 13.8 Å². The van der Waals surface area contributed by atoms with Crippen molar-refractivity contribution >= 4 is 13.8 Å². The number of hydrogen-bond acceptors (Lipinski definition) is 8. The number of hydrogen-bond donors (Lipinski definition) is 3. The lowest BCUT2D eigenvalue weighted by Gasteiger charge is -2.20. The standard InChI is InChI=1S/C47H91O9P/c1-3-5-7-9-11-13-15-17-19-20-21-22-23-24-26-28-30-32-34-36-38-40-53-43-46(44-55-57(51,52)54-42-45(49)41-48)56-47(50)39-37-35-33-31-29-27-25-18-16-14-12-10-8-6-4-2/h12,14,18,25,45-46,48-49H,3-11,13,15-17,19-24,26-44H2,1-2H3,(H,51,52)/b14-12-,25-18-. The number of allylic oxidation sites excluding steroid dienone is 4. The first-order chi connectivity index (χ1) is 27.8. The van der Waals surface area contributed by atoms with Crippen LogP contribution in [0.5, 0.6) is 0 Å². The average Bonchev–Trinajstić information content (AvgIpc) is 3.20. The maximum atomic E-state index is 12.6. The zero-order chi connectivity index (χ0) is 41.8. The molecular weight excluding hydrogens is 739 g/mol. The number of aliphatic hydroxyl groups is 2. The summed E-state index contributed by atoms with van der Waals surface area (Å²) in [6, 6.07) is 0. The number of aliphatic hydroxyl groups excluding tert-OH is 2. The van der Waals surface area contributed by atoms with E-state index in [-0.39, 0.29) is 19.6 Å². The minimum absolute atomic E-state index is 0.0480. The zero-order valence-electron chi connectivity index (χ0n) is 37.1. The third-order valence-corrected chi connectivity index (χ3v) is 11.3. The summed E-state index contributed by atoms with van der Waals surface area (Å²) in [5, 5.41) is 18.4. The molecule has 3 N–H and O–H groups in total. The van der Waals surface area contributed by atoms with Crippen molar-refractivity contribution in [3.8, 4) is 0 Å². The van der Waals surface area contributed by atoms with Crippen LogP contribution in [0.1, 0.15) is 226 Å². The molecule has 0 aromatic rings. The summed E-state index contributed by atoms with van der Waals surface area (Å²) < 4.78 is 33.4. The first kappa shape index (κ1) is 55.9. The van der Waals surface area contributed by atoms with E-state index in [2.05, 4.69) is 38.2 Å². The van der Waals surface area contributed by atoms with Crippen LogP contribution >= 0.6 is 7.82 Å². The Balaban J connectivity index is 4.07. The summed E-state index contributed by atoms with van der Waals surface area (Å²) in [4.78, 5) is 22.6. The van der Waals surface area contributed by atoms with Gasteiger partial charge in [0, 0.05) is 13.0 Å². The highest BCUT2D eigenvalue weighted by Crippen LogP contribution is 2.43. The SMILES string of the molecule is CCCCC/C=C\C/C=C\CCCCCCCC(=O)OC(COCCCCCCCCCCCCCCCCCCCCCCC)COP(=O)(O)OCC(O)CO. The van der Waals surface area contributed by atoms with Crippen molar-refractivity contribution in [1.29, 1.82) is 0 Å². The van der Waals surface area contributed by atoms with Gasteiger partial charge in [0.2, 0.25) is 0 Å². The van der Waals surface area contributed by atoms with Crippen LogP contribution in [0.2, 0.25) is 0 Å². The molecule has 0 fully saturated rings. The molecule has 0 saturated carbocycles. The van der Waals surface area contributed by atoms with Gasteiger partial charge in [0.25, 0.3) is 0 Å². The Hall–Kier alpha value is -1.06. The molecule has 0 bridgehead atoms. The quantitative estimate of drug-likeness (QED) is 0.0237. The number of unbranched alkanes of at least 4 members (excludes halogenated alkanes) is 28. The fraction of sp³-hybridized carbons (Fsp3) is 0.894. The third-order valence-electron chi connectivity index (χ3n) is 10.4. The Kier molecular flexibility index (Phi) is 43.7. The number of rotatable bonds is 46. The van der Waals surface area contributed by atoms with Crippen LogP contribution in [0.4, 0.5) is 0 Å². The van der Waals surface area contributed by atoms with Gasteiger partial charge in [-0.25, -0.2) is 4.57 Å². The summed E-state index contributed by atoms with van der Waals surface area (Å²) in [6.07, 6.45) is 47.1. The van der Waals surface area contributed by atoms with Crippen molar-refractivity contribution in [2.75, 3.05) is 33.0 Å². The Morgan fingerprint density at radius 1 is 0.544 bits per heavy atom. The van der Waals surface area contributed by atoms with E-state index in [4.69, 9.17) is 23.6 Å². The lowest BCUT2D eigenvalue weighted by Crippen LogP contribution is -2.29. The van der Waals surface area contributed by atoms with Gasteiger partial charge in [-0.1, -0.05) is 199 Å². The Bertz CT molecular complexity index is 944. The minimum Gasteiger partial charge on any atom is -0.457 e. The second-order valence-electron chi connectivity index (χ2n) is 16.1. The number of carbonyl (C=O) groups is 1. The van der Waals surface area contributed by atoms with Gasteiger partial charge in [0.15, 0.2) is 0 Å². The first-order valence-electron chi connectivity index (χ1n) is 23.8. The summed E-state index contributed by atoms with van der Waals surface area (Å²) >= 11 is 0. The zero-order valence-corrected chi connectivity index (χ0v) is 38.0. The molecule has 0 aliphatic rings. The smallest absolute Gasteiger partial charge is 0.457 e. The lowest BCUT2D eigenvalue weighted by atomic mass is 10.0. The highest BCUT2D eigenvalue weighted by Gasteiger charge is 2.26. The molecule has 0 radical (unpaired) electrons. The van der Waals surface area contributed by atoms with Gasteiger partial charge in [-0.15, -0.1) is 0 Å². The van der Waals surface area contributed by atoms with Crippen molar-refractivity contribution in [3.05, 3.63) is 24.3 Å². The summed E-state index contributed by atoms with van der Waals surface area (Å²) in [7, 11) is -4.52. The van der Waals surface area contributed by atoms with E-state index in [1.165, 1.54) is 148 Å². The largest absolute Gasteiger partial charge is 0.472 e. The van der Waals surface area contributed by atoms with E-state index in [9.17, 15) is 19.4 Å². The topological polar surface area (TPSA) is 132 Å². The van der Waals surface area contributed by atoms with Crippen LogP contribution < -0.4 is 0 Å². The second-order valence-corrected chi connectivity index (χ2v) is 17.6. The van der Waals surface area contributed by atoms with E-state index in [0.717, 1.165) is 51.4 Å². The highest BCUT2D eigenvalue weighted by atomic mass is 31.2. The van der Waals surface area contributed by atoms with Crippen LogP contribution in [0.25, 0.3) is 0 Å². The molecular formula is C47H91O9P. The molecule has 0 spiro atoms. The maximum Gasteiger partial charge on any atom is 0.472 e. The third kappa shape index (κ3) is 44.3. The summed E-state index contributed by atoms with van der Waals surface area (Å²) in [5.74, 6) is -0.392. The number of ether oxygens (including phenoxy) is 2. The van der Waals surface area contributed by atoms with Gasteiger partial charge in [0.05, 0.1) is 26.4 Å². The Morgan fingerprint density at radius 2 is 0.947 bits per heavy atom. The fourth-order valence-electron chi connectivity index (χ4n) is 6.74. The van der Waals surface area contributed by atoms with Gasteiger partial charge < -0.3 is 24.6 Å². The molecule has 0 aliphatic heterocycles. The van der Waals surface area contributed by atoms with E-state index in [0.29, 0.717) is 13.0 Å². The molecule has 0 amide bonds. The van der Waals surface area contributed by atoms with Crippen LogP contribution in [0.3, 0.4) is 0 Å². The minimum atomic E-state index is -4.52. The van der Waals surface area contributed by atoms with Crippen molar-refractivity contribution in [2.24, 2.45) is 0 Å². The number of phosphoric ester groups is 1. The average molecular weight is 831 g/mol. The van der Waals surface area contributed by atoms with Crippen LogP contribution in [-0.4, -0.2) is 66.3 Å². The molecule has 3 unspecified atom stereocenters. The van der Waals surface area contributed by atoms with Crippen molar-refractivity contribution in [1.82, 2.24) is 0 Å². The van der Waals surface area contributed by atoms with Crippen LogP contribution in [0.15, 0.2) is 24.3 Å². The molecule has 0 aliphatic carbocycles. The Morgan fingerprint density at radius 3 is 1.44 bits per heavy atom. The number of phosphoric acid groups is 1. The molecule has 0 aromatic heterocycles. The molecule has 3 atom stereocenters. The van der Waals surface area contributed by atoms with E-state index < -0.39 is 39.2 Å².